The Morgan fingerprint density at radius 3 is 2.57 bits per heavy atom. The molecule has 3 nitrogen and oxygen atoms in total. The molecule has 0 bridgehead atoms. The molecule has 0 N–H and O–H groups in total. The van der Waals surface area contributed by atoms with E-state index in [2.05, 4.69) is 18.2 Å². The van der Waals surface area contributed by atoms with Crippen LogP contribution in [0, 0.1) is 5.92 Å². The summed E-state index contributed by atoms with van der Waals surface area (Å²) in [5.74, 6) is 0.178. The fraction of sp³-hybridized carbons (Fsp3) is 0.444. The Morgan fingerprint density at radius 2 is 1.95 bits per heavy atom. The van der Waals surface area contributed by atoms with Gasteiger partial charge >= 0.3 is 5.97 Å². The van der Waals surface area contributed by atoms with Crippen LogP contribution < -0.4 is 0 Å². The van der Waals surface area contributed by atoms with E-state index in [4.69, 9.17) is 4.74 Å². The van der Waals surface area contributed by atoms with Crippen molar-refractivity contribution in [1.29, 1.82) is 0 Å². The Labute approximate surface area is 126 Å². The van der Waals surface area contributed by atoms with E-state index in [-0.39, 0.29) is 12.2 Å². The third kappa shape index (κ3) is 5.18. The summed E-state index contributed by atoms with van der Waals surface area (Å²) in [7, 11) is 0. The second kappa shape index (κ2) is 7.77. The minimum Gasteiger partial charge on any atom is -0.466 e. The molecule has 0 aromatic heterocycles. The largest absolute Gasteiger partial charge is 0.466 e. The maximum atomic E-state index is 11.7. The lowest BCUT2D eigenvalue weighted by molar-refractivity contribution is -0.145. The quantitative estimate of drug-likeness (QED) is 0.539. The van der Waals surface area contributed by atoms with Crippen LogP contribution in [0.15, 0.2) is 36.4 Å². The van der Waals surface area contributed by atoms with E-state index in [1.54, 1.807) is 6.92 Å². The van der Waals surface area contributed by atoms with Crippen LogP contribution in [0.2, 0.25) is 0 Å². The molecule has 1 fully saturated rings. The zero-order valence-electron chi connectivity index (χ0n) is 12.5. The van der Waals surface area contributed by atoms with Gasteiger partial charge in [-0.3, -0.25) is 9.59 Å². The summed E-state index contributed by atoms with van der Waals surface area (Å²) in [5, 5.41) is 0. The van der Waals surface area contributed by atoms with Crippen molar-refractivity contribution in [3.8, 4) is 0 Å². The lowest BCUT2D eigenvalue weighted by atomic mass is 9.99. The fourth-order valence-electron chi connectivity index (χ4n) is 2.40. The first-order valence-corrected chi connectivity index (χ1v) is 7.63. The van der Waals surface area contributed by atoms with E-state index < -0.39 is 5.97 Å². The van der Waals surface area contributed by atoms with Crippen LogP contribution in [0.1, 0.15) is 44.6 Å². The molecule has 0 spiro atoms. The third-order valence-corrected chi connectivity index (χ3v) is 3.56. The number of allylic oxidation sites excluding steroid dienone is 2. The molecule has 0 radical (unpaired) electrons. The van der Waals surface area contributed by atoms with E-state index in [1.165, 1.54) is 24.0 Å². The molecule has 1 aliphatic rings. The first kappa shape index (κ1) is 15.5. The summed E-state index contributed by atoms with van der Waals surface area (Å²) in [6.07, 6.45) is 5.62. The monoisotopic (exact) mass is 286 g/mol. The highest BCUT2D eigenvalue weighted by Gasteiger charge is 2.26. The van der Waals surface area contributed by atoms with E-state index >= 15 is 0 Å². The summed E-state index contributed by atoms with van der Waals surface area (Å²) in [5.41, 5.74) is 2.59. The number of ether oxygens (including phenoxy) is 1. The van der Waals surface area contributed by atoms with Crippen molar-refractivity contribution in [3.63, 3.8) is 0 Å². The van der Waals surface area contributed by atoms with Crippen LogP contribution in [-0.4, -0.2) is 18.4 Å². The standard InChI is InChI=1S/C18H22O3/c1-2-21-18(20)13-16(19)9-6-10-17(15-11-12-15)14-7-4-3-5-8-14/h3-5,7-8,10,15H,2,6,9,11-13H2,1H3/b17-10+. The van der Waals surface area contributed by atoms with Crippen molar-refractivity contribution < 1.29 is 14.3 Å². The lowest BCUT2D eigenvalue weighted by Crippen LogP contribution is -2.10. The molecular weight excluding hydrogens is 264 g/mol. The average Bonchev–Trinajstić information content (AvgIpc) is 3.29. The SMILES string of the molecule is CCOC(=O)CC(=O)CC/C=C(\c1ccccc1)C1CC1. The van der Waals surface area contributed by atoms with Crippen molar-refractivity contribution in [2.45, 2.75) is 39.0 Å². The Kier molecular flexibility index (Phi) is 5.73. The molecule has 0 unspecified atom stereocenters. The number of rotatable bonds is 8. The van der Waals surface area contributed by atoms with Gasteiger partial charge in [0, 0.05) is 6.42 Å². The molecule has 0 atom stereocenters. The summed E-state index contributed by atoms with van der Waals surface area (Å²) in [4.78, 5) is 22.9. The Bertz CT molecular complexity index is 513. The molecule has 112 valence electrons. The van der Waals surface area contributed by atoms with Crippen LogP contribution in [0.25, 0.3) is 5.57 Å². The van der Waals surface area contributed by atoms with Gasteiger partial charge in [0.2, 0.25) is 0 Å². The molecule has 0 amide bonds. The lowest BCUT2D eigenvalue weighted by Gasteiger charge is -2.06. The maximum Gasteiger partial charge on any atom is 0.313 e. The highest BCUT2D eigenvalue weighted by Crippen LogP contribution is 2.42. The van der Waals surface area contributed by atoms with Gasteiger partial charge < -0.3 is 4.74 Å². The van der Waals surface area contributed by atoms with E-state index in [1.807, 2.05) is 18.2 Å². The van der Waals surface area contributed by atoms with Gasteiger partial charge in [-0.25, -0.2) is 0 Å². The molecule has 2 rings (SSSR count). The average molecular weight is 286 g/mol. The first-order chi connectivity index (χ1) is 10.2. The summed E-state index contributed by atoms with van der Waals surface area (Å²) in [6, 6.07) is 10.3. The predicted octanol–water partition coefficient (Wildman–Crippen LogP) is 3.78. The number of esters is 1. The molecule has 3 heteroatoms. The van der Waals surface area contributed by atoms with Gasteiger partial charge in [0.1, 0.15) is 12.2 Å². The number of carbonyl (C=O) groups is 2. The van der Waals surface area contributed by atoms with Crippen LogP contribution in [-0.2, 0) is 14.3 Å². The van der Waals surface area contributed by atoms with Crippen LogP contribution in [0.4, 0.5) is 0 Å². The van der Waals surface area contributed by atoms with Gasteiger partial charge in [0.25, 0.3) is 0 Å². The topological polar surface area (TPSA) is 43.4 Å². The Morgan fingerprint density at radius 1 is 1.24 bits per heavy atom. The van der Waals surface area contributed by atoms with Crippen molar-refractivity contribution in [2.24, 2.45) is 5.92 Å². The predicted molar refractivity (Wildman–Crippen MR) is 82.6 cm³/mol. The molecule has 0 saturated heterocycles. The van der Waals surface area contributed by atoms with Crippen LogP contribution >= 0.6 is 0 Å². The molecule has 0 heterocycles. The van der Waals surface area contributed by atoms with Crippen molar-refractivity contribution in [1.82, 2.24) is 0 Å². The minimum atomic E-state index is -0.419. The van der Waals surface area contributed by atoms with Gasteiger partial charge in [-0.05, 0) is 43.2 Å². The second-order valence-electron chi connectivity index (χ2n) is 5.36. The summed E-state index contributed by atoms with van der Waals surface area (Å²) in [6.45, 7) is 2.07. The number of Topliss-reactive ketones (excluding diaryl/α,β-unsaturated/α-hetero) is 1. The first-order valence-electron chi connectivity index (χ1n) is 7.63. The highest BCUT2D eigenvalue weighted by atomic mass is 16.5. The van der Waals surface area contributed by atoms with Gasteiger partial charge in [-0.2, -0.15) is 0 Å². The molecule has 1 aromatic rings. The fourth-order valence-corrected chi connectivity index (χ4v) is 2.40. The molecule has 0 aliphatic heterocycles. The summed E-state index contributed by atoms with van der Waals surface area (Å²) >= 11 is 0. The zero-order chi connectivity index (χ0) is 15.1. The van der Waals surface area contributed by atoms with Crippen molar-refractivity contribution in [2.75, 3.05) is 6.61 Å². The number of hydrogen-bond acceptors (Lipinski definition) is 3. The molecule has 21 heavy (non-hydrogen) atoms. The smallest absolute Gasteiger partial charge is 0.313 e. The van der Waals surface area contributed by atoms with Gasteiger partial charge in [0.15, 0.2) is 0 Å². The second-order valence-corrected chi connectivity index (χ2v) is 5.36. The Hall–Kier alpha value is -1.90. The highest BCUT2D eigenvalue weighted by molar-refractivity contribution is 5.95. The van der Waals surface area contributed by atoms with Crippen molar-refractivity contribution >= 4 is 17.3 Å². The number of benzene rings is 1. The van der Waals surface area contributed by atoms with E-state index in [0.29, 0.717) is 25.4 Å². The normalized spacial score (nSPS) is 14.8. The minimum absolute atomic E-state index is 0.0482. The summed E-state index contributed by atoms with van der Waals surface area (Å²) < 4.78 is 4.78. The number of ketones is 1. The van der Waals surface area contributed by atoms with E-state index in [9.17, 15) is 9.59 Å². The van der Waals surface area contributed by atoms with Crippen LogP contribution in [0.5, 0.6) is 0 Å². The maximum absolute atomic E-state index is 11.7. The molecule has 1 aromatic carbocycles. The van der Waals surface area contributed by atoms with Gasteiger partial charge in [-0.15, -0.1) is 0 Å². The van der Waals surface area contributed by atoms with Gasteiger partial charge in [0.05, 0.1) is 6.61 Å². The van der Waals surface area contributed by atoms with E-state index in [0.717, 1.165) is 0 Å². The third-order valence-electron chi connectivity index (χ3n) is 3.56. The van der Waals surface area contributed by atoms with Crippen LogP contribution in [0.3, 0.4) is 0 Å². The van der Waals surface area contributed by atoms with Gasteiger partial charge in [-0.1, -0.05) is 36.4 Å². The zero-order valence-corrected chi connectivity index (χ0v) is 12.5. The molecular formula is C18H22O3. The number of hydrogen-bond donors (Lipinski definition) is 0. The number of carbonyl (C=O) groups excluding carboxylic acids is 2. The molecule has 1 aliphatic carbocycles. The Balaban J connectivity index is 1.87. The van der Waals surface area contributed by atoms with Crippen molar-refractivity contribution in [3.05, 3.63) is 42.0 Å². The molecule has 1 saturated carbocycles.